The summed E-state index contributed by atoms with van der Waals surface area (Å²) in [5.41, 5.74) is 1.32. The zero-order valence-electron chi connectivity index (χ0n) is 9.24. The maximum absolute atomic E-state index is 11.7. The second kappa shape index (κ2) is 3.96. The van der Waals surface area contributed by atoms with Gasteiger partial charge in [-0.15, -0.1) is 0 Å². The second-order valence-electron chi connectivity index (χ2n) is 3.72. The molecular weight excluding hydrogens is 206 g/mol. The number of hydrogen-bond donors (Lipinski definition) is 1. The molecule has 1 aromatic carbocycles. The Bertz CT molecular complexity index is 454. The molecular formula is C12H13NO3. The highest BCUT2D eigenvalue weighted by Gasteiger charge is 2.36. The number of carbonyl (C=O) groups is 2. The van der Waals surface area contributed by atoms with Gasteiger partial charge in [0.2, 0.25) is 5.91 Å². The molecule has 4 heteroatoms. The van der Waals surface area contributed by atoms with Gasteiger partial charge in [0.25, 0.3) is 0 Å². The molecule has 2 rings (SSSR count). The van der Waals surface area contributed by atoms with Crippen LogP contribution in [0.5, 0.6) is 5.75 Å². The molecule has 1 aliphatic rings. The lowest BCUT2D eigenvalue weighted by Gasteiger charge is -2.12. The number of ether oxygens (including phenoxy) is 1. The Morgan fingerprint density at radius 2 is 2.25 bits per heavy atom. The third-order valence-corrected chi connectivity index (χ3v) is 2.89. The summed E-state index contributed by atoms with van der Waals surface area (Å²) < 4.78 is 5.20. The van der Waals surface area contributed by atoms with Gasteiger partial charge in [-0.3, -0.25) is 9.59 Å². The number of fused-ring (bicyclic) bond motifs is 1. The van der Waals surface area contributed by atoms with Crippen LogP contribution in [0.4, 0.5) is 0 Å². The summed E-state index contributed by atoms with van der Waals surface area (Å²) in [6.07, 6.45) is 0.232. The Morgan fingerprint density at radius 3 is 2.88 bits per heavy atom. The lowest BCUT2D eigenvalue weighted by Crippen LogP contribution is -2.24. The summed E-state index contributed by atoms with van der Waals surface area (Å²) in [4.78, 5) is 23.4. The number of amides is 1. The quantitative estimate of drug-likeness (QED) is 0.810. The van der Waals surface area contributed by atoms with Crippen LogP contribution in [0.15, 0.2) is 18.2 Å². The van der Waals surface area contributed by atoms with Crippen LogP contribution < -0.4 is 10.1 Å². The number of carbonyl (C=O) groups excluding carboxylic acids is 2. The molecule has 1 unspecified atom stereocenters. The van der Waals surface area contributed by atoms with Crippen molar-refractivity contribution >= 4 is 11.7 Å². The molecule has 1 atom stereocenters. The fraction of sp³-hybridized carbons (Fsp3) is 0.333. The molecule has 4 nitrogen and oxygen atoms in total. The van der Waals surface area contributed by atoms with Gasteiger partial charge in [0.05, 0.1) is 13.0 Å². The number of Topliss-reactive ketones (excluding diaryl/α,β-unsaturated/α-hetero) is 1. The Balaban J connectivity index is 2.54. The average molecular weight is 219 g/mol. The first-order valence-electron chi connectivity index (χ1n) is 5.10. The zero-order valence-corrected chi connectivity index (χ0v) is 9.24. The zero-order chi connectivity index (χ0) is 11.7. The van der Waals surface area contributed by atoms with Gasteiger partial charge in [0.1, 0.15) is 5.75 Å². The van der Waals surface area contributed by atoms with Crippen LogP contribution in [0.2, 0.25) is 0 Å². The first-order chi connectivity index (χ1) is 7.69. The number of rotatable bonds is 2. The molecule has 1 amide bonds. The first-order valence-corrected chi connectivity index (χ1v) is 5.10. The van der Waals surface area contributed by atoms with Crippen LogP contribution in [0.3, 0.4) is 0 Å². The maximum atomic E-state index is 11.7. The van der Waals surface area contributed by atoms with Crippen LogP contribution in [0.1, 0.15) is 28.3 Å². The fourth-order valence-electron chi connectivity index (χ4n) is 2.12. The summed E-state index contributed by atoms with van der Waals surface area (Å²) in [5.74, 6) is 0.0553. The highest BCUT2D eigenvalue weighted by molar-refractivity contribution is 6.07. The normalized spacial score (nSPS) is 18.1. The lowest BCUT2D eigenvalue weighted by molar-refractivity contribution is -0.121. The minimum absolute atomic E-state index is 0.00231. The van der Waals surface area contributed by atoms with Crippen molar-refractivity contribution in [2.75, 3.05) is 14.2 Å². The molecule has 0 aliphatic heterocycles. The van der Waals surface area contributed by atoms with E-state index in [-0.39, 0.29) is 18.1 Å². The monoisotopic (exact) mass is 219 g/mol. The Hall–Kier alpha value is -1.84. The minimum Gasteiger partial charge on any atom is -0.496 e. The van der Waals surface area contributed by atoms with Gasteiger partial charge in [-0.25, -0.2) is 0 Å². The Labute approximate surface area is 93.6 Å². The van der Waals surface area contributed by atoms with E-state index < -0.39 is 5.92 Å². The highest BCUT2D eigenvalue weighted by atomic mass is 16.5. The van der Waals surface area contributed by atoms with E-state index in [0.717, 1.165) is 0 Å². The molecule has 1 aromatic rings. The van der Waals surface area contributed by atoms with Gasteiger partial charge in [-0.05, 0) is 6.07 Å². The lowest BCUT2D eigenvalue weighted by atomic mass is 9.99. The summed E-state index contributed by atoms with van der Waals surface area (Å²) in [6.45, 7) is 0. The van der Waals surface area contributed by atoms with Gasteiger partial charge < -0.3 is 10.1 Å². The summed E-state index contributed by atoms with van der Waals surface area (Å²) in [6, 6.07) is 5.28. The van der Waals surface area contributed by atoms with Gasteiger partial charge in [0, 0.05) is 24.6 Å². The number of benzene rings is 1. The summed E-state index contributed by atoms with van der Waals surface area (Å²) in [5, 5.41) is 2.57. The van der Waals surface area contributed by atoms with E-state index in [9.17, 15) is 9.59 Å². The third kappa shape index (κ3) is 1.46. The molecule has 0 saturated heterocycles. The second-order valence-corrected chi connectivity index (χ2v) is 3.72. The van der Waals surface area contributed by atoms with Crippen LogP contribution in [-0.4, -0.2) is 25.8 Å². The standard InChI is InChI=1S/C12H13NO3/c1-13-12(15)8-6-9(14)7-4-3-5-10(16-2)11(7)8/h3-5,8H,6H2,1-2H3,(H,13,15). The molecule has 0 saturated carbocycles. The van der Waals surface area contributed by atoms with Gasteiger partial charge in [-0.1, -0.05) is 12.1 Å². The van der Waals surface area contributed by atoms with Crippen LogP contribution in [-0.2, 0) is 4.79 Å². The number of likely N-dealkylation sites (N-methyl/N-ethyl adjacent to an activating group) is 1. The Kier molecular flexibility index (Phi) is 2.64. The van der Waals surface area contributed by atoms with E-state index in [4.69, 9.17) is 4.74 Å². The minimum atomic E-state index is -0.413. The molecule has 1 N–H and O–H groups in total. The van der Waals surface area contributed by atoms with E-state index in [0.29, 0.717) is 16.9 Å². The SMILES string of the molecule is CNC(=O)C1CC(=O)c2cccc(OC)c21. The predicted octanol–water partition coefficient (Wildman–Crippen LogP) is 1.11. The van der Waals surface area contributed by atoms with Crippen molar-refractivity contribution in [2.45, 2.75) is 12.3 Å². The highest BCUT2D eigenvalue weighted by Crippen LogP contribution is 2.39. The van der Waals surface area contributed by atoms with Crippen molar-refractivity contribution in [1.82, 2.24) is 5.32 Å². The van der Waals surface area contributed by atoms with Crippen molar-refractivity contribution < 1.29 is 14.3 Å². The molecule has 0 aromatic heterocycles. The smallest absolute Gasteiger partial charge is 0.227 e. The first kappa shape index (κ1) is 10.7. The molecule has 16 heavy (non-hydrogen) atoms. The van der Waals surface area contributed by atoms with Crippen molar-refractivity contribution in [1.29, 1.82) is 0 Å². The Morgan fingerprint density at radius 1 is 1.50 bits per heavy atom. The number of hydrogen-bond acceptors (Lipinski definition) is 3. The third-order valence-electron chi connectivity index (χ3n) is 2.89. The number of ketones is 1. The van der Waals surface area contributed by atoms with Crippen LogP contribution >= 0.6 is 0 Å². The van der Waals surface area contributed by atoms with Crippen molar-refractivity contribution in [2.24, 2.45) is 0 Å². The van der Waals surface area contributed by atoms with Crippen LogP contribution in [0, 0.1) is 0 Å². The summed E-state index contributed by atoms with van der Waals surface area (Å²) >= 11 is 0. The fourth-order valence-corrected chi connectivity index (χ4v) is 2.12. The van der Waals surface area contributed by atoms with Crippen LogP contribution in [0.25, 0.3) is 0 Å². The largest absolute Gasteiger partial charge is 0.496 e. The van der Waals surface area contributed by atoms with Gasteiger partial charge in [-0.2, -0.15) is 0 Å². The molecule has 1 aliphatic carbocycles. The molecule has 0 heterocycles. The van der Waals surface area contributed by atoms with Crippen molar-refractivity contribution in [3.05, 3.63) is 29.3 Å². The van der Waals surface area contributed by atoms with E-state index in [1.165, 1.54) is 0 Å². The topological polar surface area (TPSA) is 55.4 Å². The van der Waals surface area contributed by atoms with Gasteiger partial charge >= 0.3 is 0 Å². The molecule has 0 spiro atoms. The average Bonchev–Trinajstić information content (AvgIpc) is 2.66. The van der Waals surface area contributed by atoms with Gasteiger partial charge in [0.15, 0.2) is 5.78 Å². The molecule has 0 fully saturated rings. The molecule has 0 bridgehead atoms. The maximum Gasteiger partial charge on any atom is 0.227 e. The predicted molar refractivity (Wildman–Crippen MR) is 58.7 cm³/mol. The van der Waals surface area contributed by atoms with Crippen molar-refractivity contribution in [3.63, 3.8) is 0 Å². The summed E-state index contributed by atoms with van der Waals surface area (Å²) in [7, 11) is 3.11. The van der Waals surface area contributed by atoms with E-state index in [1.807, 2.05) is 0 Å². The molecule has 84 valence electrons. The van der Waals surface area contributed by atoms with E-state index in [1.54, 1.807) is 32.4 Å². The van der Waals surface area contributed by atoms with E-state index in [2.05, 4.69) is 5.32 Å². The number of methoxy groups -OCH3 is 1. The van der Waals surface area contributed by atoms with Crippen molar-refractivity contribution in [3.8, 4) is 5.75 Å². The molecule has 0 radical (unpaired) electrons. The number of nitrogens with one attached hydrogen (secondary N) is 1. The van der Waals surface area contributed by atoms with E-state index >= 15 is 0 Å².